The summed E-state index contributed by atoms with van der Waals surface area (Å²) >= 11 is 0. The molecule has 0 aliphatic rings. The van der Waals surface area contributed by atoms with Crippen molar-refractivity contribution in [3.05, 3.63) is 53.9 Å². The van der Waals surface area contributed by atoms with Gasteiger partial charge in [0.05, 0.1) is 6.42 Å². The fraction of sp³-hybridized carbons (Fsp3) is 0.375. The van der Waals surface area contributed by atoms with Crippen LogP contribution in [0.3, 0.4) is 0 Å². The predicted molar refractivity (Wildman–Crippen MR) is 80.7 cm³/mol. The molecule has 1 heterocycles. The maximum absolute atomic E-state index is 13.4. The van der Waals surface area contributed by atoms with Crippen LogP contribution >= 0.6 is 0 Å². The van der Waals surface area contributed by atoms with Gasteiger partial charge in [0, 0.05) is 33.0 Å². The first kappa shape index (κ1) is 18.9. The summed E-state index contributed by atoms with van der Waals surface area (Å²) in [6.07, 6.45) is -3.98. The van der Waals surface area contributed by atoms with Crippen molar-refractivity contribution in [2.45, 2.75) is 24.7 Å². The summed E-state index contributed by atoms with van der Waals surface area (Å²) in [5.74, 6) is -2.14. The Morgan fingerprint density at radius 2 is 2.04 bits per heavy atom. The Kier molecular flexibility index (Phi) is 5.17. The van der Waals surface area contributed by atoms with E-state index in [0.29, 0.717) is 5.56 Å². The van der Waals surface area contributed by atoms with Crippen LogP contribution in [0.4, 0.5) is 17.6 Å². The molecule has 0 spiro atoms. The van der Waals surface area contributed by atoms with Crippen LogP contribution in [0.2, 0.25) is 0 Å². The van der Waals surface area contributed by atoms with Gasteiger partial charge in [-0.15, -0.1) is 0 Å². The highest BCUT2D eigenvalue weighted by atomic mass is 19.4. The Hall–Kier alpha value is -2.42. The van der Waals surface area contributed by atoms with Gasteiger partial charge in [-0.1, -0.05) is 12.1 Å². The minimum atomic E-state index is -5.10. The first-order valence-electron chi connectivity index (χ1n) is 7.30. The Bertz CT molecular complexity index is 760. The number of hydrogen-bond donors (Lipinski definition) is 1. The van der Waals surface area contributed by atoms with Crippen molar-refractivity contribution in [1.29, 1.82) is 0 Å². The molecule has 1 amide bonds. The summed E-state index contributed by atoms with van der Waals surface area (Å²) in [7, 11) is 2.57. The molecule has 1 aromatic carbocycles. The Morgan fingerprint density at radius 1 is 1.36 bits per heavy atom. The van der Waals surface area contributed by atoms with Crippen molar-refractivity contribution in [2.75, 3.05) is 7.05 Å². The molecular weight excluding hydrogens is 342 g/mol. The standard InChI is InChI=1S/C16H17F4N3O2/c1-22-7-6-21-14(22)15(25,16(18,19)20)9-13(24)23(2)10-11-4-3-5-12(17)8-11/h3-8,25H,9-10H2,1-2H3. The fourth-order valence-corrected chi connectivity index (χ4v) is 2.42. The van der Waals surface area contributed by atoms with E-state index in [2.05, 4.69) is 4.98 Å². The zero-order chi connectivity index (χ0) is 18.8. The van der Waals surface area contributed by atoms with Gasteiger partial charge in [0.15, 0.2) is 5.82 Å². The van der Waals surface area contributed by atoms with Gasteiger partial charge in [0.2, 0.25) is 11.5 Å². The van der Waals surface area contributed by atoms with Crippen molar-refractivity contribution >= 4 is 5.91 Å². The molecule has 25 heavy (non-hydrogen) atoms. The zero-order valence-corrected chi connectivity index (χ0v) is 13.6. The van der Waals surface area contributed by atoms with E-state index in [4.69, 9.17) is 0 Å². The number of imidazole rings is 1. The van der Waals surface area contributed by atoms with Crippen LogP contribution in [0.15, 0.2) is 36.7 Å². The average Bonchev–Trinajstić information content (AvgIpc) is 2.92. The molecule has 2 rings (SSSR count). The van der Waals surface area contributed by atoms with Gasteiger partial charge >= 0.3 is 6.18 Å². The van der Waals surface area contributed by atoms with Crippen LogP contribution in [-0.2, 0) is 24.0 Å². The number of amides is 1. The van der Waals surface area contributed by atoms with Gasteiger partial charge in [-0.25, -0.2) is 9.37 Å². The van der Waals surface area contributed by atoms with E-state index in [0.717, 1.165) is 15.7 Å². The van der Waals surface area contributed by atoms with E-state index in [1.165, 1.54) is 38.5 Å². The minimum Gasteiger partial charge on any atom is -0.374 e. The fourth-order valence-electron chi connectivity index (χ4n) is 2.42. The number of aliphatic hydroxyl groups is 1. The SMILES string of the molecule is CN(Cc1cccc(F)c1)C(=O)CC(O)(c1nccn1C)C(F)(F)F. The summed E-state index contributed by atoms with van der Waals surface area (Å²) in [6.45, 7) is -0.0922. The molecule has 1 atom stereocenters. The second-order valence-corrected chi connectivity index (χ2v) is 5.78. The van der Waals surface area contributed by atoms with Gasteiger partial charge in [-0.05, 0) is 17.7 Å². The molecule has 1 N–H and O–H groups in total. The summed E-state index contributed by atoms with van der Waals surface area (Å²) < 4.78 is 54.5. The number of halogens is 4. The molecule has 0 saturated carbocycles. The first-order valence-corrected chi connectivity index (χ1v) is 7.30. The topological polar surface area (TPSA) is 58.4 Å². The summed E-state index contributed by atoms with van der Waals surface area (Å²) in [4.78, 5) is 16.8. The third kappa shape index (κ3) is 3.98. The number of carbonyl (C=O) groups is 1. The molecule has 1 aromatic heterocycles. The van der Waals surface area contributed by atoms with E-state index in [1.807, 2.05) is 0 Å². The molecule has 136 valence electrons. The third-order valence-electron chi connectivity index (χ3n) is 3.80. The number of nitrogens with zero attached hydrogens (tertiary/aromatic N) is 3. The molecular formula is C16H17F4N3O2. The summed E-state index contributed by atoms with van der Waals surface area (Å²) in [6, 6.07) is 5.37. The van der Waals surface area contributed by atoms with Gasteiger partial charge in [0.25, 0.3) is 0 Å². The van der Waals surface area contributed by atoms with Gasteiger partial charge in [0.1, 0.15) is 5.82 Å². The lowest BCUT2D eigenvalue weighted by atomic mass is 9.96. The van der Waals surface area contributed by atoms with Gasteiger partial charge in [-0.2, -0.15) is 13.2 Å². The number of carbonyl (C=O) groups excluding carboxylic acids is 1. The maximum atomic E-state index is 13.4. The third-order valence-corrected chi connectivity index (χ3v) is 3.80. The highest BCUT2D eigenvalue weighted by Crippen LogP contribution is 2.41. The van der Waals surface area contributed by atoms with Crippen molar-refractivity contribution in [3.63, 3.8) is 0 Å². The molecule has 0 saturated heterocycles. The highest BCUT2D eigenvalue weighted by molar-refractivity contribution is 5.77. The average molecular weight is 359 g/mol. The van der Waals surface area contributed by atoms with Crippen molar-refractivity contribution < 1.29 is 27.5 Å². The Morgan fingerprint density at radius 3 is 2.56 bits per heavy atom. The largest absolute Gasteiger partial charge is 0.425 e. The normalized spacial score (nSPS) is 14.2. The van der Waals surface area contributed by atoms with E-state index < -0.39 is 35.7 Å². The molecule has 0 bridgehead atoms. The van der Waals surface area contributed by atoms with Crippen LogP contribution in [0.25, 0.3) is 0 Å². The molecule has 0 aliphatic heterocycles. The lowest BCUT2D eigenvalue weighted by Crippen LogP contribution is -2.48. The molecule has 1 unspecified atom stereocenters. The van der Waals surface area contributed by atoms with Gasteiger partial charge < -0.3 is 14.6 Å². The molecule has 2 aromatic rings. The van der Waals surface area contributed by atoms with Gasteiger partial charge in [-0.3, -0.25) is 4.79 Å². The second kappa shape index (κ2) is 6.83. The lowest BCUT2D eigenvalue weighted by Gasteiger charge is -2.31. The number of hydrogen-bond acceptors (Lipinski definition) is 3. The number of alkyl halides is 3. The van der Waals surface area contributed by atoms with Crippen molar-refractivity contribution in [3.8, 4) is 0 Å². The van der Waals surface area contributed by atoms with E-state index in [9.17, 15) is 27.5 Å². The number of benzene rings is 1. The van der Waals surface area contributed by atoms with E-state index in [-0.39, 0.29) is 6.54 Å². The molecule has 0 fully saturated rings. The first-order chi connectivity index (χ1) is 11.5. The molecule has 0 aliphatic carbocycles. The Balaban J connectivity index is 2.21. The van der Waals surface area contributed by atoms with Crippen LogP contribution in [0.1, 0.15) is 17.8 Å². The highest BCUT2D eigenvalue weighted by Gasteiger charge is 2.58. The maximum Gasteiger partial charge on any atom is 0.425 e. The van der Waals surface area contributed by atoms with E-state index in [1.54, 1.807) is 6.07 Å². The molecule has 0 radical (unpaired) electrons. The van der Waals surface area contributed by atoms with Crippen LogP contribution in [0, 0.1) is 5.82 Å². The zero-order valence-electron chi connectivity index (χ0n) is 13.6. The van der Waals surface area contributed by atoms with Crippen LogP contribution in [-0.4, -0.2) is 38.7 Å². The monoisotopic (exact) mass is 359 g/mol. The van der Waals surface area contributed by atoms with Crippen molar-refractivity contribution in [2.24, 2.45) is 7.05 Å². The quantitative estimate of drug-likeness (QED) is 0.834. The summed E-state index contributed by atoms with van der Waals surface area (Å²) in [5, 5.41) is 10.2. The lowest BCUT2D eigenvalue weighted by molar-refractivity contribution is -0.271. The number of rotatable bonds is 5. The van der Waals surface area contributed by atoms with E-state index >= 15 is 0 Å². The molecule has 9 heteroatoms. The molecule has 5 nitrogen and oxygen atoms in total. The predicted octanol–water partition coefficient (Wildman–Crippen LogP) is 2.36. The minimum absolute atomic E-state index is 0.0922. The smallest absolute Gasteiger partial charge is 0.374 e. The van der Waals surface area contributed by atoms with Crippen LogP contribution < -0.4 is 0 Å². The summed E-state index contributed by atoms with van der Waals surface area (Å²) in [5.41, 5.74) is -3.00. The number of aryl methyl sites for hydroxylation is 1. The Labute approximate surface area is 141 Å². The van der Waals surface area contributed by atoms with Crippen LogP contribution in [0.5, 0.6) is 0 Å². The number of aromatic nitrogens is 2. The second-order valence-electron chi connectivity index (χ2n) is 5.78. The van der Waals surface area contributed by atoms with Crippen molar-refractivity contribution in [1.82, 2.24) is 14.5 Å².